The van der Waals surface area contributed by atoms with E-state index in [0.29, 0.717) is 6.42 Å². The van der Waals surface area contributed by atoms with Gasteiger partial charge in [0.2, 0.25) is 5.43 Å². The van der Waals surface area contributed by atoms with Gasteiger partial charge in [0.15, 0.2) is 0 Å². The second-order valence-corrected chi connectivity index (χ2v) is 4.53. The van der Waals surface area contributed by atoms with Gasteiger partial charge >= 0.3 is 5.56 Å². The molecule has 5 heteroatoms. The molecule has 2 rings (SSSR count). The Bertz CT molecular complexity index is 646. The van der Waals surface area contributed by atoms with Crippen LogP contribution in [0.2, 0.25) is 5.02 Å². The topological polar surface area (TPSA) is 65.7 Å². The van der Waals surface area contributed by atoms with Crippen molar-refractivity contribution in [3.05, 3.63) is 67.2 Å². The summed E-state index contributed by atoms with van der Waals surface area (Å²) in [6, 6.07) is 9.04. The Morgan fingerprint density at radius 1 is 1.06 bits per heavy atom. The van der Waals surface area contributed by atoms with Crippen molar-refractivity contribution in [3.8, 4) is 0 Å². The number of aromatic amines is 2. The first kappa shape index (κ1) is 12.6. The molecule has 18 heavy (non-hydrogen) atoms. The summed E-state index contributed by atoms with van der Waals surface area (Å²) in [5.41, 5.74) is 0.774. The zero-order chi connectivity index (χ0) is 13.0. The largest absolute Gasteiger partial charge is 0.310 e. The smallest absolute Gasteiger partial charge is 0.302 e. The number of aromatic nitrogens is 2. The number of hydrogen-bond donors (Lipinski definition) is 2. The van der Waals surface area contributed by atoms with Gasteiger partial charge < -0.3 is 5.10 Å². The standard InChI is InChI=1S/C13H13ClN2O2/c14-10-5-1-3-9(7-10)4-2-6-11-8-12(17)13(18)16-15-11/h1,3,5,7-8H,2,4,6H2,(H,15,17)(H,16,18). The van der Waals surface area contributed by atoms with Gasteiger partial charge in [-0.15, -0.1) is 0 Å². The van der Waals surface area contributed by atoms with E-state index in [2.05, 4.69) is 10.2 Å². The van der Waals surface area contributed by atoms with Crippen molar-refractivity contribution in [2.24, 2.45) is 0 Å². The lowest BCUT2D eigenvalue weighted by molar-refractivity contribution is 0.769. The Kier molecular flexibility index (Phi) is 3.99. The van der Waals surface area contributed by atoms with Crippen LogP contribution >= 0.6 is 11.6 Å². The number of halogens is 1. The van der Waals surface area contributed by atoms with Crippen molar-refractivity contribution in [1.29, 1.82) is 0 Å². The zero-order valence-corrected chi connectivity index (χ0v) is 10.5. The average molecular weight is 265 g/mol. The normalized spacial score (nSPS) is 10.5. The molecular weight excluding hydrogens is 252 g/mol. The molecule has 94 valence electrons. The van der Waals surface area contributed by atoms with Crippen LogP contribution in [0.3, 0.4) is 0 Å². The number of benzene rings is 1. The highest BCUT2D eigenvalue weighted by Crippen LogP contribution is 2.12. The van der Waals surface area contributed by atoms with E-state index in [0.717, 1.165) is 29.1 Å². The summed E-state index contributed by atoms with van der Waals surface area (Å²) < 4.78 is 0. The predicted octanol–water partition coefficient (Wildman–Crippen LogP) is 1.89. The molecule has 1 aromatic heterocycles. The first-order valence-electron chi connectivity index (χ1n) is 5.70. The fourth-order valence-electron chi connectivity index (χ4n) is 1.77. The van der Waals surface area contributed by atoms with E-state index in [1.165, 1.54) is 6.07 Å². The summed E-state index contributed by atoms with van der Waals surface area (Å²) in [6.07, 6.45) is 2.46. The van der Waals surface area contributed by atoms with Crippen LogP contribution < -0.4 is 11.0 Å². The van der Waals surface area contributed by atoms with E-state index >= 15 is 0 Å². The molecule has 1 aromatic carbocycles. The van der Waals surface area contributed by atoms with Gasteiger partial charge in [-0.05, 0) is 37.0 Å². The van der Waals surface area contributed by atoms with Gasteiger partial charge in [0.25, 0.3) is 0 Å². The van der Waals surface area contributed by atoms with Crippen molar-refractivity contribution >= 4 is 11.6 Å². The summed E-state index contributed by atoms with van der Waals surface area (Å²) in [5.74, 6) is 0. The van der Waals surface area contributed by atoms with E-state index in [-0.39, 0.29) is 0 Å². The quantitative estimate of drug-likeness (QED) is 0.829. The molecule has 2 N–H and O–H groups in total. The fraction of sp³-hybridized carbons (Fsp3) is 0.231. The molecule has 0 bridgehead atoms. The molecule has 0 radical (unpaired) electrons. The maximum absolute atomic E-state index is 11.1. The van der Waals surface area contributed by atoms with Crippen molar-refractivity contribution in [3.63, 3.8) is 0 Å². The Morgan fingerprint density at radius 3 is 2.61 bits per heavy atom. The molecule has 0 fully saturated rings. The minimum atomic E-state index is -0.617. The minimum absolute atomic E-state index is 0.508. The molecule has 0 saturated carbocycles. The highest BCUT2D eigenvalue weighted by Gasteiger charge is 1.99. The number of nitrogens with one attached hydrogen (secondary N) is 2. The van der Waals surface area contributed by atoms with Crippen molar-refractivity contribution < 1.29 is 0 Å². The van der Waals surface area contributed by atoms with E-state index in [1.807, 2.05) is 24.3 Å². The molecule has 0 aliphatic carbocycles. The molecule has 0 saturated heterocycles. The summed E-state index contributed by atoms with van der Waals surface area (Å²) in [4.78, 5) is 22.0. The second kappa shape index (κ2) is 5.69. The molecule has 4 nitrogen and oxygen atoms in total. The Morgan fingerprint density at radius 2 is 1.89 bits per heavy atom. The monoisotopic (exact) mass is 264 g/mol. The van der Waals surface area contributed by atoms with E-state index < -0.39 is 11.0 Å². The van der Waals surface area contributed by atoms with Crippen LogP contribution in [0.15, 0.2) is 39.9 Å². The molecule has 0 atom stereocenters. The molecule has 2 aromatic rings. The van der Waals surface area contributed by atoms with E-state index in [9.17, 15) is 9.59 Å². The SMILES string of the molecule is O=c1cc(CCCc2cccc(Cl)c2)[nH][nH]c1=O. The third-order valence-corrected chi connectivity index (χ3v) is 2.90. The Balaban J connectivity index is 1.94. The molecule has 0 aliphatic heterocycles. The molecule has 0 spiro atoms. The molecule has 0 amide bonds. The lowest BCUT2D eigenvalue weighted by atomic mass is 10.1. The van der Waals surface area contributed by atoms with Crippen LogP contribution in [-0.4, -0.2) is 10.2 Å². The molecule has 0 unspecified atom stereocenters. The van der Waals surface area contributed by atoms with Crippen LogP contribution in [0.1, 0.15) is 17.7 Å². The second-order valence-electron chi connectivity index (χ2n) is 4.10. The zero-order valence-electron chi connectivity index (χ0n) is 9.70. The highest BCUT2D eigenvalue weighted by atomic mass is 35.5. The third kappa shape index (κ3) is 3.34. The van der Waals surface area contributed by atoms with Gasteiger partial charge in [-0.25, -0.2) is 0 Å². The van der Waals surface area contributed by atoms with Gasteiger partial charge in [0.1, 0.15) is 0 Å². The molecule has 1 heterocycles. The van der Waals surface area contributed by atoms with Crippen LogP contribution in [-0.2, 0) is 12.8 Å². The van der Waals surface area contributed by atoms with Gasteiger partial charge in [-0.1, -0.05) is 23.7 Å². The first-order chi connectivity index (χ1) is 8.65. The molecule has 0 aliphatic rings. The highest BCUT2D eigenvalue weighted by molar-refractivity contribution is 6.30. The van der Waals surface area contributed by atoms with Gasteiger partial charge in [0.05, 0.1) is 0 Å². The lowest BCUT2D eigenvalue weighted by Crippen LogP contribution is -2.27. The summed E-state index contributed by atoms with van der Waals surface area (Å²) in [6.45, 7) is 0. The predicted molar refractivity (Wildman–Crippen MR) is 71.2 cm³/mol. The van der Waals surface area contributed by atoms with Crippen molar-refractivity contribution in [1.82, 2.24) is 10.2 Å². The summed E-state index contributed by atoms with van der Waals surface area (Å²) in [5, 5.41) is 5.75. The first-order valence-corrected chi connectivity index (χ1v) is 6.08. The lowest BCUT2D eigenvalue weighted by Gasteiger charge is -2.02. The maximum Gasteiger partial charge on any atom is 0.310 e. The minimum Gasteiger partial charge on any atom is -0.302 e. The summed E-state index contributed by atoms with van der Waals surface area (Å²) >= 11 is 5.89. The Hall–Kier alpha value is -1.81. The summed E-state index contributed by atoms with van der Waals surface area (Å²) in [7, 11) is 0. The number of aryl methyl sites for hydroxylation is 2. The van der Waals surface area contributed by atoms with Crippen LogP contribution in [0.5, 0.6) is 0 Å². The van der Waals surface area contributed by atoms with Gasteiger partial charge in [-0.2, -0.15) is 0 Å². The fourth-order valence-corrected chi connectivity index (χ4v) is 1.98. The molecular formula is C13H13ClN2O2. The van der Waals surface area contributed by atoms with Crippen LogP contribution in [0.25, 0.3) is 0 Å². The van der Waals surface area contributed by atoms with Crippen molar-refractivity contribution in [2.75, 3.05) is 0 Å². The average Bonchev–Trinajstić information content (AvgIpc) is 2.34. The third-order valence-electron chi connectivity index (χ3n) is 2.67. The maximum atomic E-state index is 11.1. The van der Waals surface area contributed by atoms with Gasteiger partial charge in [-0.3, -0.25) is 14.7 Å². The van der Waals surface area contributed by atoms with Crippen LogP contribution in [0.4, 0.5) is 0 Å². The van der Waals surface area contributed by atoms with E-state index in [4.69, 9.17) is 11.6 Å². The van der Waals surface area contributed by atoms with Crippen molar-refractivity contribution in [2.45, 2.75) is 19.3 Å². The Labute approximate surface area is 109 Å². The van der Waals surface area contributed by atoms with Gasteiger partial charge in [0, 0.05) is 16.8 Å². The number of hydrogen-bond acceptors (Lipinski definition) is 2. The van der Waals surface area contributed by atoms with Crippen LogP contribution in [0, 0.1) is 0 Å². The van der Waals surface area contributed by atoms with E-state index in [1.54, 1.807) is 0 Å². The number of H-pyrrole nitrogens is 2. The number of rotatable bonds is 4.